The van der Waals surface area contributed by atoms with Crippen molar-refractivity contribution in [3.8, 4) is 11.8 Å². The van der Waals surface area contributed by atoms with E-state index in [0.717, 1.165) is 57.8 Å². The molecule has 0 saturated carbocycles. The summed E-state index contributed by atoms with van der Waals surface area (Å²) in [5, 5.41) is 10.2. The molecule has 3 aliphatic heterocycles. The lowest BCUT2D eigenvalue weighted by Gasteiger charge is -2.26. The number of rotatable bonds is 26. The largest absolute Gasteiger partial charge is 0.455 e. The Balaban J connectivity index is 1.35. The van der Waals surface area contributed by atoms with Crippen LogP contribution >= 0.6 is 0 Å². The van der Waals surface area contributed by atoms with Crippen molar-refractivity contribution >= 4 is 5.97 Å². The van der Waals surface area contributed by atoms with Crippen molar-refractivity contribution in [2.24, 2.45) is 0 Å². The summed E-state index contributed by atoms with van der Waals surface area (Å²) in [6.45, 7) is 4.60. The van der Waals surface area contributed by atoms with Crippen molar-refractivity contribution in [3.05, 3.63) is 36.0 Å². The minimum Gasteiger partial charge on any atom is -0.455 e. The highest BCUT2D eigenvalue weighted by molar-refractivity contribution is 5.90. The molecule has 0 unspecified atom stereocenters. The molecule has 0 radical (unpaired) electrons. The normalized spacial score (nSPS) is 25.6. The van der Waals surface area contributed by atoms with Gasteiger partial charge in [-0.05, 0) is 82.9 Å². The van der Waals surface area contributed by atoms with E-state index >= 15 is 0 Å². The van der Waals surface area contributed by atoms with Gasteiger partial charge in [0.15, 0.2) is 0 Å². The number of methoxy groups -OCH3 is 2. The Labute approximate surface area is 302 Å². The zero-order valence-corrected chi connectivity index (χ0v) is 31.4. The van der Waals surface area contributed by atoms with Crippen molar-refractivity contribution < 1.29 is 43.1 Å². The monoisotopic (exact) mass is 702 g/mol. The molecule has 9 heteroatoms. The van der Waals surface area contributed by atoms with E-state index in [9.17, 15) is 9.90 Å². The standard InChI is InChI=1S/C41H66O9/c1-5-6-7-8-9-12-15-18-21-35(46-30-44-3)37-25-27-39(49-37)40-28-26-38(50-40)36(47-31-45-4)22-19-16-13-10-11-14-17-20-34(42)24-23-33-29-32(2)48-41(33)43/h17,19-20,22,29,32,34-40,42H,5-10,12-13,15-16,18,21,23-28,30-31H2,1-4H3/b20-17+,22-19+/t32-,34+,35+,36+,37+,38+,39+,40+/m0/s1. The zero-order valence-electron chi connectivity index (χ0n) is 31.4. The molecule has 0 aliphatic carbocycles. The molecule has 0 aromatic heterocycles. The number of carbonyl (C=O) groups excluding carboxylic acids is 1. The van der Waals surface area contributed by atoms with Gasteiger partial charge in [-0.2, -0.15) is 0 Å². The second-order valence-electron chi connectivity index (χ2n) is 13.9. The van der Waals surface area contributed by atoms with Crippen LogP contribution in [-0.4, -0.2) is 87.7 Å². The second-order valence-corrected chi connectivity index (χ2v) is 13.9. The van der Waals surface area contributed by atoms with Gasteiger partial charge in [-0.1, -0.05) is 82.3 Å². The van der Waals surface area contributed by atoms with Crippen LogP contribution in [0.1, 0.15) is 129 Å². The van der Waals surface area contributed by atoms with Crippen LogP contribution in [0.15, 0.2) is 36.0 Å². The molecule has 8 atom stereocenters. The van der Waals surface area contributed by atoms with Crippen LogP contribution in [0.3, 0.4) is 0 Å². The first-order valence-corrected chi connectivity index (χ1v) is 19.4. The lowest BCUT2D eigenvalue weighted by molar-refractivity contribution is -0.151. The summed E-state index contributed by atoms with van der Waals surface area (Å²) in [7, 11) is 3.31. The molecule has 2 fully saturated rings. The minimum atomic E-state index is -0.642. The van der Waals surface area contributed by atoms with E-state index in [4.69, 9.17) is 33.2 Å². The fraction of sp³-hybridized carbons (Fsp3) is 0.780. The summed E-state index contributed by atoms with van der Waals surface area (Å²) in [6.07, 6.45) is 27.4. The van der Waals surface area contributed by atoms with Gasteiger partial charge in [0.05, 0.1) is 36.6 Å². The Morgan fingerprint density at radius 1 is 0.880 bits per heavy atom. The van der Waals surface area contributed by atoms with E-state index < -0.39 is 6.10 Å². The van der Waals surface area contributed by atoms with Crippen molar-refractivity contribution in [1.29, 1.82) is 0 Å². The van der Waals surface area contributed by atoms with Crippen LogP contribution in [0.4, 0.5) is 0 Å². The molecule has 0 aromatic rings. The third kappa shape index (κ3) is 16.5. The third-order valence-electron chi connectivity index (χ3n) is 9.69. The maximum absolute atomic E-state index is 11.7. The zero-order chi connectivity index (χ0) is 35.8. The smallest absolute Gasteiger partial charge is 0.334 e. The molecule has 1 N–H and O–H groups in total. The van der Waals surface area contributed by atoms with Gasteiger partial charge < -0.3 is 38.3 Å². The molecule has 3 rings (SSSR count). The molecule has 0 amide bonds. The van der Waals surface area contributed by atoms with Gasteiger partial charge in [-0.25, -0.2) is 4.79 Å². The number of ether oxygens (including phenoxy) is 7. The second kappa shape index (κ2) is 25.8. The SMILES string of the molecule is CCCCCCCCCC[C@@H](OCOC)[C@H]1CC[C@H]([C@H]2CC[C@H]([C@@H](/C=C/CCCC#C/C=C/[C@@H](O)CCC3=C[C@H](C)OC3=O)OCOC)O2)O1. The first-order chi connectivity index (χ1) is 24.4. The number of aliphatic hydroxyl groups is 1. The molecule has 2 saturated heterocycles. The number of carbonyl (C=O) groups is 1. The molecule has 0 bridgehead atoms. The average molecular weight is 703 g/mol. The molecule has 50 heavy (non-hydrogen) atoms. The Hall–Kier alpha value is -2.03. The molecule has 0 aromatic carbocycles. The highest BCUT2D eigenvalue weighted by Crippen LogP contribution is 2.35. The van der Waals surface area contributed by atoms with Crippen molar-refractivity contribution in [3.63, 3.8) is 0 Å². The van der Waals surface area contributed by atoms with Gasteiger partial charge in [0, 0.05) is 26.2 Å². The van der Waals surface area contributed by atoms with Crippen LogP contribution in [0.2, 0.25) is 0 Å². The van der Waals surface area contributed by atoms with Crippen LogP contribution in [-0.2, 0) is 38.0 Å². The maximum Gasteiger partial charge on any atom is 0.334 e. The molecular formula is C41H66O9. The van der Waals surface area contributed by atoms with Gasteiger partial charge in [0.25, 0.3) is 0 Å². The van der Waals surface area contributed by atoms with Gasteiger partial charge in [0.2, 0.25) is 0 Å². The van der Waals surface area contributed by atoms with E-state index in [2.05, 4.69) is 30.9 Å². The van der Waals surface area contributed by atoms with Crippen LogP contribution in [0.5, 0.6) is 0 Å². The molecule has 3 aliphatic rings. The predicted molar refractivity (Wildman–Crippen MR) is 195 cm³/mol. The Bertz CT molecular complexity index is 1080. The van der Waals surface area contributed by atoms with Gasteiger partial charge in [-0.3, -0.25) is 0 Å². The fourth-order valence-electron chi connectivity index (χ4n) is 6.93. The van der Waals surface area contributed by atoms with Gasteiger partial charge in [-0.15, -0.1) is 0 Å². The molecule has 3 heterocycles. The topological polar surface area (TPSA) is 102 Å². The fourth-order valence-corrected chi connectivity index (χ4v) is 6.93. The van der Waals surface area contributed by atoms with Gasteiger partial charge in [0.1, 0.15) is 25.8 Å². The van der Waals surface area contributed by atoms with Crippen molar-refractivity contribution in [2.75, 3.05) is 27.8 Å². The van der Waals surface area contributed by atoms with Crippen LogP contribution in [0, 0.1) is 11.8 Å². The number of unbranched alkanes of at least 4 members (excludes halogenated alkanes) is 9. The molecule has 284 valence electrons. The van der Waals surface area contributed by atoms with Gasteiger partial charge >= 0.3 is 5.97 Å². The van der Waals surface area contributed by atoms with Crippen LogP contribution < -0.4 is 0 Å². The summed E-state index contributed by atoms with van der Waals surface area (Å²) in [6, 6.07) is 0. The number of esters is 1. The lowest BCUT2D eigenvalue weighted by atomic mass is 10.0. The summed E-state index contributed by atoms with van der Waals surface area (Å²) in [4.78, 5) is 11.7. The first-order valence-electron chi connectivity index (χ1n) is 19.4. The minimum absolute atomic E-state index is 0.0396. The molecular weight excluding hydrogens is 636 g/mol. The van der Waals surface area contributed by atoms with Crippen molar-refractivity contribution in [2.45, 2.75) is 178 Å². The predicted octanol–water partition coefficient (Wildman–Crippen LogP) is 7.89. The van der Waals surface area contributed by atoms with E-state index in [0.29, 0.717) is 25.2 Å². The molecule has 0 spiro atoms. The maximum atomic E-state index is 11.7. The highest BCUT2D eigenvalue weighted by atomic mass is 16.7. The number of hydrogen-bond acceptors (Lipinski definition) is 9. The summed E-state index contributed by atoms with van der Waals surface area (Å²) in [5.41, 5.74) is 0.636. The van der Waals surface area contributed by atoms with E-state index in [1.54, 1.807) is 26.4 Å². The number of cyclic esters (lactones) is 1. The van der Waals surface area contributed by atoms with E-state index in [-0.39, 0.29) is 55.5 Å². The van der Waals surface area contributed by atoms with Crippen LogP contribution in [0.25, 0.3) is 0 Å². The number of allylic oxidation sites excluding steroid dienone is 2. The van der Waals surface area contributed by atoms with E-state index in [1.807, 2.05) is 13.0 Å². The summed E-state index contributed by atoms with van der Waals surface area (Å²) in [5.74, 6) is 5.85. The summed E-state index contributed by atoms with van der Waals surface area (Å²) < 4.78 is 40.9. The number of aliphatic hydroxyl groups excluding tert-OH is 1. The first kappa shape index (κ1) is 42.4. The molecule has 9 nitrogen and oxygen atoms in total. The summed E-state index contributed by atoms with van der Waals surface area (Å²) >= 11 is 0. The number of hydrogen-bond donors (Lipinski definition) is 1. The Kier molecular flexibility index (Phi) is 21.9. The quantitative estimate of drug-likeness (QED) is 0.0317. The van der Waals surface area contributed by atoms with E-state index in [1.165, 1.54) is 44.9 Å². The Morgan fingerprint density at radius 3 is 2.26 bits per heavy atom. The Morgan fingerprint density at radius 2 is 1.56 bits per heavy atom. The average Bonchev–Trinajstić information content (AvgIpc) is 3.87. The van der Waals surface area contributed by atoms with Crippen molar-refractivity contribution in [1.82, 2.24) is 0 Å². The third-order valence-corrected chi connectivity index (χ3v) is 9.69. The lowest BCUT2D eigenvalue weighted by Crippen LogP contribution is -2.34. The highest BCUT2D eigenvalue weighted by Gasteiger charge is 2.41.